The van der Waals surface area contributed by atoms with Gasteiger partial charge in [0.1, 0.15) is 0 Å². The van der Waals surface area contributed by atoms with Gasteiger partial charge in [-0.3, -0.25) is 19.7 Å². The number of para-hydroxylation sites is 1. The van der Waals surface area contributed by atoms with Gasteiger partial charge in [0.05, 0.1) is 23.3 Å². The summed E-state index contributed by atoms with van der Waals surface area (Å²) in [6.45, 7) is 4.46. The van der Waals surface area contributed by atoms with Crippen molar-refractivity contribution in [2.45, 2.75) is 13.8 Å². The molecule has 0 unspecified atom stereocenters. The molecule has 2 rings (SSSR count). The molecule has 0 aliphatic heterocycles. The first-order valence-corrected chi connectivity index (χ1v) is 8.34. The topological polar surface area (TPSA) is 111 Å². The summed E-state index contributed by atoms with van der Waals surface area (Å²) >= 11 is 0. The van der Waals surface area contributed by atoms with Gasteiger partial charge >= 0.3 is 5.69 Å². The molecule has 8 heteroatoms. The van der Waals surface area contributed by atoms with Gasteiger partial charge in [-0.1, -0.05) is 26.0 Å². The maximum Gasteiger partial charge on any atom is 0.311 e. The summed E-state index contributed by atoms with van der Waals surface area (Å²) in [5.74, 6) is -0.522. The molecule has 2 amide bonds. The highest BCUT2D eigenvalue weighted by molar-refractivity contribution is 6.09. The van der Waals surface area contributed by atoms with Gasteiger partial charge in [-0.2, -0.15) is 0 Å². The largest absolute Gasteiger partial charge is 0.490 e. The summed E-state index contributed by atoms with van der Waals surface area (Å²) in [4.78, 5) is 35.4. The Balaban J connectivity index is 2.25. The molecule has 0 radical (unpaired) electrons. The first kappa shape index (κ1) is 19.9. The van der Waals surface area contributed by atoms with Crippen molar-refractivity contribution >= 4 is 23.2 Å². The molecule has 0 aliphatic carbocycles. The third kappa shape index (κ3) is 5.04. The van der Waals surface area contributed by atoms with Crippen LogP contribution in [0.1, 0.15) is 34.6 Å². The third-order valence-corrected chi connectivity index (χ3v) is 3.73. The zero-order valence-corrected chi connectivity index (χ0v) is 15.3. The lowest BCUT2D eigenvalue weighted by Gasteiger charge is -2.12. The molecule has 2 N–H and O–H groups in total. The smallest absolute Gasteiger partial charge is 0.311 e. The minimum absolute atomic E-state index is 0.0602. The van der Waals surface area contributed by atoms with E-state index in [2.05, 4.69) is 10.6 Å². The second kappa shape index (κ2) is 8.79. The van der Waals surface area contributed by atoms with E-state index in [1.165, 1.54) is 19.2 Å². The van der Waals surface area contributed by atoms with Crippen molar-refractivity contribution in [2.24, 2.45) is 5.92 Å². The fourth-order valence-electron chi connectivity index (χ4n) is 2.35. The van der Waals surface area contributed by atoms with Crippen LogP contribution in [0.2, 0.25) is 0 Å². The van der Waals surface area contributed by atoms with E-state index in [9.17, 15) is 19.7 Å². The van der Waals surface area contributed by atoms with Crippen LogP contribution in [0.4, 0.5) is 11.4 Å². The second-order valence-electron chi connectivity index (χ2n) is 6.25. The van der Waals surface area contributed by atoms with E-state index in [4.69, 9.17) is 4.74 Å². The van der Waals surface area contributed by atoms with Crippen molar-refractivity contribution < 1.29 is 19.2 Å². The van der Waals surface area contributed by atoms with Gasteiger partial charge in [-0.05, 0) is 30.2 Å². The predicted molar refractivity (Wildman–Crippen MR) is 101 cm³/mol. The summed E-state index contributed by atoms with van der Waals surface area (Å²) in [7, 11) is 1.31. The van der Waals surface area contributed by atoms with E-state index in [1.54, 1.807) is 24.3 Å². The predicted octanol–water partition coefficient (Wildman–Crippen LogP) is 3.24. The SMILES string of the molecule is COc1ccc(C(=O)Nc2ccccc2C(=O)NCC(C)C)cc1[N+](=O)[O-]. The number of hydrogen-bond acceptors (Lipinski definition) is 5. The van der Waals surface area contributed by atoms with Gasteiger partial charge in [-0.25, -0.2) is 0 Å². The zero-order chi connectivity index (χ0) is 20.0. The fourth-order valence-corrected chi connectivity index (χ4v) is 2.35. The van der Waals surface area contributed by atoms with E-state index in [1.807, 2.05) is 13.8 Å². The van der Waals surface area contributed by atoms with Gasteiger partial charge in [0, 0.05) is 18.2 Å². The Kier molecular flexibility index (Phi) is 6.48. The highest BCUT2D eigenvalue weighted by atomic mass is 16.6. The molecule has 0 heterocycles. The van der Waals surface area contributed by atoms with Crippen LogP contribution in [-0.4, -0.2) is 30.4 Å². The Hall–Kier alpha value is -3.42. The van der Waals surface area contributed by atoms with E-state index >= 15 is 0 Å². The zero-order valence-electron chi connectivity index (χ0n) is 15.3. The van der Waals surface area contributed by atoms with Crippen molar-refractivity contribution in [3.05, 3.63) is 63.7 Å². The lowest BCUT2D eigenvalue weighted by Crippen LogP contribution is -2.28. The molecule has 0 aromatic heterocycles. The number of methoxy groups -OCH3 is 1. The molecule has 2 aromatic carbocycles. The molecule has 0 spiro atoms. The molecular weight excluding hydrogens is 350 g/mol. The van der Waals surface area contributed by atoms with Crippen LogP contribution < -0.4 is 15.4 Å². The van der Waals surface area contributed by atoms with Gasteiger partial charge in [0.25, 0.3) is 11.8 Å². The van der Waals surface area contributed by atoms with Crippen LogP contribution in [0.15, 0.2) is 42.5 Å². The van der Waals surface area contributed by atoms with Crippen molar-refractivity contribution in [1.29, 1.82) is 0 Å². The van der Waals surface area contributed by atoms with Gasteiger partial charge < -0.3 is 15.4 Å². The van der Waals surface area contributed by atoms with Crippen LogP contribution >= 0.6 is 0 Å². The average Bonchev–Trinajstić information content (AvgIpc) is 2.65. The summed E-state index contributed by atoms with van der Waals surface area (Å²) in [5, 5.41) is 16.6. The lowest BCUT2D eigenvalue weighted by molar-refractivity contribution is -0.385. The number of ether oxygens (including phenoxy) is 1. The summed E-state index contributed by atoms with van der Waals surface area (Å²) in [5.41, 5.74) is 0.407. The number of carbonyl (C=O) groups is 2. The van der Waals surface area contributed by atoms with E-state index in [-0.39, 0.29) is 28.8 Å². The van der Waals surface area contributed by atoms with Crippen molar-refractivity contribution in [2.75, 3.05) is 19.0 Å². The number of nitrogens with zero attached hydrogens (tertiary/aromatic N) is 1. The van der Waals surface area contributed by atoms with Crippen LogP contribution in [0.25, 0.3) is 0 Å². The number of rotatable bonds is 7. The summed E-state index contributed by atoms with van der Waals surface area (Å²) in [6.07, 6.45) is 0. The van der Waals surface area contributed by atoms with Crippen molar-refractivity contribution in [3.8, 4) is 5.75 Å². The van der Waals surface area contributed by atoms with Crippen LogP contribution in [0.3, 0.4) is 0 Å². The quantitative estimate of drug-likeness (QED) is 0.573. The number of nitro groups is 1. The Bertz CT molecular complexity index is 864. The highest BCUT2D eigenvalue weighted by Gasteiger charge is 2.19. The van der Waals surface area contributed by atoms with Crippen molar-refractivity contribution in [1.82, 2.24) is 5.32 Å². The average molecular weight is 371 g/mol. The standard InChI is InChI=1S/C19H21N3O5/c1-12(2)11-20-19(24)14-6-4-5-7-15(14)21-18(23)13-8-9-17(27-3)16(10-13)22(25)26/h4-10,12H,11H2,1-3H3,(H,20,24)(H,21,23). The molecule has 8 nitrogen and oxygen atoms in total. The lowest BCUT2D eigenvalue weighted by atomic mass is 10.1. The number of nitro benzene ring substituents is 1. The Morgan fingerprint density at radius 3 is 2.48 bits per heavy atom. The van der Waals surface area contributed by atoms with Gasteiger partial charge in [0.2, 0.25) is 0 Å². The maximum atomic E-state index is 12.5. The number of hydrogen-bond donors (Lipinski definition) is 2. The monoisotopic (exact) mass is 371 g/mol. The van der Waals surface area contributed by atoms with E-state index < -0.39 is 10.8 Å². The third-order valence-electron chi connectivity index (χ3n) is 3.73. The van der Waals surface area contributed by atoms with Crippen LogP contribution in [-0.2, 0) is 0 Å². The highest BCUT2D eigenvalue weighted by Crippen LogP contribution is 2.28. The Morgan fingerprint density at radius 2 is 1.85 bits per heavy atom. The van der Waals surface area contributed by atoms with Crippen LogP contribution in [0.5, 0.6) is 5.75 Å². The molecule has 0 fully saturated rings. The van der Waals surface area contributed by atoms with Crippen LogP contribution in [0, 0.1) is 16.0 Å². The number of nitrogens with one attached hydrogen (secondary N) is 2. The first-order valence-electron chi connectivity index (χ1n) is 8.34. The number of amides is 2. The fraction of sp³-hybridized carbons (Fsp3) is 0.263. The summed E-state index contributed by atoms with van der Waals surface area (Å²) < 4.78 is 4.93. The summed E-state index contributed by atoms with van der Waals surface area (Å²) in [6, 6.07) is 10.5. The molecule has 0 saturated carbocycles. The Morgan fingerprint density at radius 1 is 1.15 bits per heavy atom. The number of carbonyl (C=O) groups excluding carboxylic acids is 2. The van der Waals surface area contributed by atoms with E-state index in [0.717, 1.165) is 6.07 Å². The minimum atomic E-state index is -0.622. The first-order chi connectivity index (χ1) is 12.8. The normalized spacial score (nSPS) is 10.4. The molecule has 2 aromatic rings. The molecular formula is C19H21N3O5. The number of anilines is 1. The van der Waals surface area contributed by atoms with Gasteiger partial charge in [0.15, 0.2) is 5.75 Å². The molecule has 0 saturated heterocycles. The molecule has 27 heavy (non-hydrogen) atoms. The molecule has 0 atom stereocenters. The molecule has 142 valence electrons. The minimum Gasteiger partial charge on any atom is -0.490 e. The van der Waals surface area contributed by atoms with Crippen molar-refractivity contribution in [3.63, 3.8) is 0 Å². The molecule has 0 bridgehead atoms. The second-order valence-corrected chi connectivity index (χ2v) is 6.25. The van der Waals surface area contributed by atoms with E-state index in [0.29, 0.717) is 17.8 Å². The Labute approximate surface area is 156 Å². The van der Waals surface area contributed by atoms with Gasteiger partial charge in [-0.15, -0.1) is 0 Å². The molecule has 0 aliphatic rings. The number of benzene rings is 2. The maximum absolute atomic E-state index is 12.5.